The number of anilines is 1. The number of ether oxygens (including phenoxy) is 3. The molecule has 0 aliphatic heterocycles. The zero-order chi connectivity index (χ0) is 37.0. The van der Waals surface area contributed by atoms with Crippen LogP contribution in [0.15, 0.2) is 78.9 Å². The normalized spacial score (nSPS) is 12.9. The lowest BCUT2D eigenvalue weighted by Crippen LogP contribution is -2.38. The highest BCUT2D eigenvalue weighted by atomic mass is 16.6. The van der Waals surface area contributed by atoms with Gasteiger partial charge in [0.15, 0.2) is 0 Å². The quantitative estimate of drug-likeness (QED) is 0.131. The molecule has 1 aromatic heterocycles. The second kappa shape index (κ2) is 15.3. The van der Waals surface area contributed by atoms with Crippen LogP contribution >= 0.6 is 0 Å². The van der Waals surface area contributed by atoms with Crippen molar-refractivity contribution in [1.82, 2.24) is 4.98 Å². The Bertz CT molecular complexity index is 1870. The van der Waals surface area contributed by atoms with E-state index in [4.69, 9.17) is 14.2 Å². The lowest BCUT2D eigenvalue weighted by Gasteiger charge is -2.30. The summed E-state index contributed by atoms with van der Waals surface area (Å²) in [5, 5.41) is 10.9. The second-order valence-electron chi connectivity index (χ2n) is 14.8. The van der Waals surface area contributed by atoms with Gasteiger partial charge >= 0.3 is 11.9 Å². The van der Waals surface area contributed by atoms with Crippen molar-refractivity contribution in [2.24, 2.45) is 11.3 Å². The summed E-state index contributed by atoms with van der Waals surface area (Å²) in [6, 6.07) is 22.7. The molecule has 1 amide bonds. The fourth-order valence-electron chi connectivity index (χ4n) is 5.43. The molecular weight excluding hydrogens is 632 g/mol. The average molecular weight is 681 g/mol. The molecule has 0 spiro atoms. The first-order valence-corrected chi connectivity index (χ1v) is 16.6. The number of aliphatic hydroxyl groups excluding tert-OH is 1. The van der Waals surface area contributed by atoms with Gasteiger partial charge < -0.3 is 19.3 Å². The molecule has 4 rings (SSSR count). The maximum absolute atomic E-state index is 14.3. The van der Waals surface area contributed by atoms with Crippen molar-refractivity contribution in [3.8, 4) is 22.6 Å². The monoisotopic (exact) mass is 680 g/mol. The van der Waals surface area contributed by atoms with E-state index in [1.165, 1.54) is 6.07 Å². The van der Waals surface area contributed by atoms with Crippen molar-refractivity contribution in [3.63, 3.8) is 0 Å². The highest BCUT2D eigenvalue weighted by Crippen LogP contribution is 2.33. The number of nitrogens with zero attached hydrogens (tertiary/aromatic N) is 2. The third kappa shape index (κ3) is 9.57. The Morgan fingerprint density at radius 1 is 0.840 bits per heavy atom. The molecule has 0 saturated carbocycles. The number of benzene rings is 3. The van der Waals surface area contributed by atoms with E-state index in [1.807, 2.05) is 37.3 Å². The summed E-state index contributed by atoms with van der Waals surface area (Å²) in [5.74, 6) is -0.802. The molecule has 2 atom stereocenters. The number of hydrogen-bond donors (Lipinski definition) is 1. The zero-order valence-electron chi connectivity index (χ0n) is 30.7. The topological polar surface area (TPSA) is 115 Å². The highest BCUT2D eigenvalue weighted by molar-refractivity contribution is 6.10. The first-order valence-electron chi connectivity index (χ1n) is 16.6. The molecule has 0 radical (unpaired) electrons. The molecule has 0 aliphatic rings. The van der Waals surface area contributed by atoms with E-state index in [0.717, 1.165) is 11.3 Å². The Labute approximate surface area is 295 Å². The lowest BCUT2D eigenvalue weighted by molar-refractivity contribution is -0.163. The number of carbonyl (C=O) groups is 3. The summed E-state index contributed by atoms with van der Waals surface area (Å²) < 4.78 is 16.7. The predicted octanol–water partition coefficient (Wildman–Crippen LogP) is 8.30. The Kier molecular flexibility index (Phi) is 11.5. The summed E-state index contributed by atoms with van der Waals surface area (Å²) in [6.45, 7) is 17.2. The first kappa shape index (κ1) is 37.8. The van der Waals surface area contributed by atoms with E-state index in [-0.39, 0.29) is 17.1 Å². The highest BCUT2D eigenvalue weighted by Gasteiger charge is 2.30. The van der Waals surface area contributed by atoms with Crippen LogP contribution in [0, 0.1) is 25.2 Å². The van der Waals surface area contributed by atoms with Crippen molar-refractivity contribution in [3.05, 3.63) is 107 Å². The molecule has 3 aromatic carbocycles. The Morgan fingerprint density at radius 3 is 2.14 bits per heavy atom. The van der Waals surface area contributed by atoms with Gasteiger partial charge in [-0.1, -0.05) is 51.1 Å². The van der Waals surface area contributed by atoms with Gasteiger partial charge in [0.05, 0.1) is 24.7 Å². The van der Waals surface area contributed by atoms with Crippen LogP contribution in [0.3, 0.4) is 0 Å². The van der Waals surface area contributed by atoms with Gasteiger partial charge in [-0.25, -0.2) is 9.78 Å². The Hall–Kier alpha value is -5.02. The average Bonchev–Trinajstić information content (AvgIpc) is 3.04. The molecule has 4 aromatic rings. The number of methoxy groups -OCH3 is 1. The van der Waals surface area contributed by atoms with E-state index < -0.39 is 29.6 Å². The SMILES string of the molecule is COc1ccc(C(=O)N(CC(C)(C)C)c2cccc(C)n2)c(-c2ccc(C(=O)Oc3cccc([C@H](O)[C@H](C)C(=O)OC(C)(C)C)c3)c(C)c2)c1. The van der Waals surface area contributed by atoms with E-state index in [1.54, 1.807) is 89.1 Å². The number of amides is 1. The van der Waals surface area contributed by atoms with Crippen LogP contribution in [0.4, 0.5) is 5.82 Å². The minimum atomic E-state index is -1.16. The van der Waals surface area contributed by atoms with E-state index in [9.17, 15) is 19.5 Å². The maximum atomic E-state index is 14.3. The van der Waals surface area contributed by atoms with Crippen molar-refractivity contribution in [2.45, 2.75) is 74.0 Å². The number of pyridine rings is 1. The molecule has 9 heteroatoms. The van der Waals surface area contributed by atoms with Crippen LogP contribution in [0.25, 0.3) is 11.1 Å². The predicted molar refractivity (Wildman–Crippen MR) is 195 cm³/mol. The van der Waals surface area contributed by atoms with E-state index in [0.29, 0.717) is 45.9 Å². The number of aryl methyl sites for hydroxylation is 2. The van der Waals surface area contributed by atoms with Gasteiger partial charge in [-0.3, -0.25) is 14.5 Å². The molecular formula is C41H48N2O7. The Morgan fingerprint density at radius 2 is 1.52 bits per heavy atom. The van der Waals surface area contributed by atoms with Crippen molar-refractivity contribution < 1.29 is 33.7 Å². The minimum Gasteiger partial charge on any atom is -0.497 e. The third-order valence-electron chi connectivity index (χ3n) is 7.90. The van der Waals surface area contributed by atoms with E-state index >= 15 is 0 Å². The van der Waals surface area contributed by atoms with E-state index in [2.05, 4.69) is 25.8 Å². The number of aromatic nitrogens is 1. The fraction of sp³-hybridized carbons (Fsp3) is 0.366. The van der Waals surface area contributed by atoms with Gasteiger partial charge in [-0.2, -0.15) is 0 Å². The number of rotatable bonds is 10. The molecule has 50 heavy (non-hydrogen) atoms. The minimum absolute atomic E-state index is 0.208. The molecule has 264 valence electrons. The second-order valence-corrected chi connectivity index (χ2v) is 14.8. The van der Waals surface area contributed by atoms with Gasteiger partial charge in [0, 0.05) is 17.8 Å². The lowest BCUT2D eigenvalue weighted by atomic mass is 9.93. The standard InChI is InChI=1S/C41H48N2O7/c1-25-21-28(17-19-32(25)39(47)49-31-15-12-14-29(22-31)36(44)27(3)38(46)50-41(7,8)9)34-23-30(48-10)18-20-33(34)37(45)43(24-40(4,5)6)35-16-11-13-26(2)42-35/h11-23,27,36,44H,24H2,1-10H3/t27-,36+/m0/s1. The van der Waals surface area contributed by atoms with Crippen LogP contribution in [-0.2, 0) is 9.53 Å². The molecule has 1 heterocycles. The molecule has 0 aliphatic carbocycles. The number of hydrogen-bond acceptors (Lipinski definition) is 8. The molecule has 1 N–H and O–H groups in total. The van der Waals surface area contributed by atoms with Crippen LogP contribution in [0.1, 0.15) is 92.1 Å². The molecule has 0 unspecified atom stereocenters. The summed E-state index contributed by atoms with van der Waals surface area (Å²) in [6.07, 6.45) is -1.16. The third-order valence-corrected chi connectivity index (χ3v) is 7.90. The maximum Gasteiger partial charge on any atom is 0.343 e. The number of aliphatic hydroxyl groups is 1. The van der Waals surface area contributed by atoms with Crippen molar-refractivity contribution in [2.75, 3.05) is 18.6 Å². The van der Waals surface area contributed by atoms with Gasteiger partial charge in [0.1, 0.15) is 22.9 Å². The summed E-state index contributed by atoms with van der Waals surface area (Å²) in [5.41, 5.74) is 3.11. The van der Waals surface area contributed by atoms with Crippen LogP contribution in [-0.4, -0.2) is 47.2 Å². The fourth-order valence-corrected chi connectivity index (χ4v) is 5.43. The van der Waals surface area contributed by atoms with Gasteiger partial charge in [-0.05, 0) is 118 Å². The van der Waals surface area contributed by atoms with Gasteiger partial charge in [0.2, 0.25) is 0 Å². The molecule has 0 saturated heterocycles. The molecule has 0 fully saturated rings. The molecule has 9 nitrogen and oxygen atoms in total. The first-order chi connectivity index (χ1) is 23.4. The molecule has 0 bridgehead atoms. The number of carbonyl (C=O) groups excluding carboxylic acids is 3. The smallest absolute Gasteiger partial charge is 0.343 e. The largest absolute Gasteiger partial charge is 0.497 e. The van der Waals surface area contributed by atoms with Crippen molar-refractivity contribution >= 4 is 23.7 Å². The van der Waals surface area contributed by atoms with Gasteiger partial charge in [-0.15, -0.1) is 0 Å². The van der Waals surface area contributed by atoms with Gasteiger partial charge in [0.25, 0.3) is 5.91 Å². The summed E-state index contributed by atoms with van der Waals surface area (Å²) >= 11 is 0. The Balaban J connectivity index is 1.63. The summed E-state index contributed by atoms with van der Waals surface area (Å²) in [7, 11) is 1.57. The van der Waals surface area contributed by atoms with Crippen LogP contribution in [0.2, 0.25) is 0 Å². The van der Waals surface area contributed by atoms with Crippen LogP contribution in [0.5, 0.6) is 11.5 Å². The number of esters is 2. The van der Waals surface area contributed by atoms with Crippen LogP contribution < -0.4 is 14.4 Å². The van der Waals surface area contributed by atoms with Crippen molar-refractivity contribution in [1.29, 1.82) is 0 Å². The zero-order valence-corrected chi connectivity index (χ0v) is 30.7. The summed E-state index contributed by atoms with van der Waals surface area (Å²) in [4.78, 5) is 46.6.